The molecule has 1 amide bonds. The van der Waals surface area contributed by atoms with Gasteiger partial charge in [0.1, 0.15) is 6.04 Å². The minimum absolute atomic E-state index is 0.264. The Morgan fingerprint density at radius 3 is 2.42 bits per heavy atom. The summed E-state index contributed by atoms with van der Waals surface area (Å²) in [7, 11) is 1.86. The molecule has 0 saturated carbocycles. The second kappa shape index (κ2) is 8.19. The molecule has 0 aliphatic heterocycles. The number of ether oxygens (including phenoxy) is 1. The zero-order valence-corrected chi connectivity index (χ0v) is 15.9. The van der Waals surface area contributed by atoms with E-state index in [2.05, 4.69) is 5.32 Å². The molecular weight excluding hydrogens is 356 g/mol. The third kappa shape index (κ3) is 4.32. The molecule has 0 aliphatic carbocycles. The van der Waals surface area contributed by atoms with Crippen molar-refractivity contribution >= 4 is 29.3 Å². The van der Waals surface area contributed by atoms with Gasteiger partial charge in [-0.05, 0) is 39.0 Å². The molecule has 0 fully saturated rings. The largest absolute Gasteiger partial charge is 0.456 e. The van der Waals surface area contributed by atoms with E-state index in [1.54, 1.807) is 30.3 Å². The van der Waals surface area contributed by atoms with Crippen LogP contribution in [0.15, 0.2) is 30.3 Å². The Bertz CT molecular complexity index is 857. The van der Waals surface area contributed by atoms with Crippen molar-refractivity contribution in [2.75, 3.05) is 6.61 Å². The Morgan fingerprint density at radius 1 is 1.19 bits per heavy atom. The van der Waals surface area contributed by atoms with Gasteiger partial charge < -0.3 is 14.6 Å². The second-order valence-corrected chi connectivity index (χ2v) is 6.46. The first-order valence-corrected chi connectivity index (χ1v) is 8.48. The Balaban J connectivity index is 1.93. The minimum atomic E-state index is -0.912. The zero-order valence-electron chi connectivity index (χ0n) is 15.1. The molecule has 0 saturated heterocycles. The monoisotopic (exact) mass is 376 g/mol. The first kappa shape index (κ1) is 19.7. The van der Waals surface area contributed by atoms with Gasteiger partial charge in [-0.15, -0.1) is 0 Å². The van der Waals surface area contributed by atoms with Crippen molar-refractivity contribution in [1.29, 1.82) is 0 Å². The standard InChI is InChI=1S/C19H21ClN2O4/c1-11-9-15(13(3)22(11)4)17(23)10-26-19(25)12(2)21-18(24)14-7-5-6-8-16(14)20/h5-9,12H,10H2,1-4H3,(H,21,24)/t12-/m1/s1. The summed E-state index contributed by atoms with van der Waals surface area (Å²) >= 11 is 5.96. The average molecular weight is 377 g/mol. The highest BCUT2D eigenvalue weighted by molar-refractivity contribution is 6.33. The smallest absolute Gasteiger partial charge is 0.328 e. The van der Waals surface area contributed by atoms with Gasteiger partial charge in [-0.25, -0.2) is 4.79 Å². The molecule has 2 rings (SSSR count). The topological polar surface area (TPSA) is 77.4 Å². The van der Waals surface area contributed by atoms with Crippen molar-refractivity contribution in [3.8, 4) is 0 Å². The van der Waals surface area contributed by atoms with Gasteiger partial charge in [-0.2, -0.15) is 0 Å². The van der Waals surface area contributed by atoms with E-state index in [0.29, 0.717) is 5.56 Å². The Labute approximate surface area is 157 Å². The van der Waals surface area contributed by atoms with Crippen molar-refractivity contribution < 1.29 is 19.1 Å². The number of halogens is 1. The maximum atomic E-state index is 12.3. The normalized spacial score (nSPS) is 11.7. The number of carbonyl (C=O) groups is 3. The van der Waals surface area contributed by atoms with Crippen LogP contribution in [0.4, 0.5) is 0 Å². The highest BCUT2D eigenvalue weighted by Crippen LogP contribution is 2.15. The maximum absolute atomic E-state index is 12.3. The molecule has 0 bridgehead atoms. The highest BCUT2D eigenvalue weighted by Gasteiger charge is 2.21. The fourth-order valence-corrected chi connectivity index (χ4v) is 2.68. The van der Waals surface area contributed by atoms with Gasteiger partial charge in [-0.1, -0.05) is 23.7 Å². The molecule has 1 atom stereocenters. The van der Waals surface area contributed by atoms with Crippen molar-refractivity contribution in [2.45, 2.75) is 26.8 Å². The Kier molecular flexibility index (Phi) is 6.21. The van der Waals surface area contributed by atoms with Crippen molar-refractivity contribution in [3.63, 3.8) is 0 Å². The number of Topliss-reactive ketones (excluding diaryl/α,β-unsaturated/α-hetero) is 1. The third-order valence-electron chi connectivity index (χ3n) is 4.24. The average Bonchev–Trinajstić information content (AvgIpc) is 2.87. The summed E-state index contributed by atoms with van der Waals surface area (Å²) in [5.41, 5.74) is 2.53. The predicted molar refractivity (Wildman–Crippen MR) is 98.6 cm³/mol. The number of rotatable bonds is 6. The number of esters is 1. The lowest BCUT2D eigenvalue weighted by Crippen LogP contribution is -2.40. The van der Waals surface area contributed by atoms with Crippen LogP contribution in [0, 0.1) is 13.8 Å². The van der Waals surface area contributed by atoms with Crippen LogP contribution in [-0.4, -0.2) is 34.9 Å². The van der Waals surface area contributed by atoms with Crippen LogP contribution in [-0.2, 0) is 16.6 Å². The first-order valence-electron chi connectivity index (χ1n) is 8.10. The van der Waals surface area contributed by atoms with E-state index >= 15 is 0 Å². The van der Waals surface area contributed by atoms with Crippen LogP contribution in [0.2, 0.25) is 5.02 Å². The quantitative estimate of drug-likeness (QED) is 0.621. The molecule has 1 N–H and O–H groups in total. The van der Waals surface area contributed by atoms with Gasteiger partial charge in [0, 0.05) is 24.0 Å². The Hall–Kier alpha value is -2.60. The van der Waals surface area contributed by atoms with Crippen LogP contribution >= 0.6 is 11.6 Å². The number of nitrogens with one attached hydrogen (secondary N) is 1. The first-order chi connectivity index (χ1) is 12.2. The van der Waals surface area contributed by atoms with E-state index in [0.717, 1.165) is 11.4 Å². The van der Waals surface area contributed by atoms with E-state index in [1.807, 2.05) is 25.5 Å². The van der Waals surface area contributed by atoms with Crippen LogP contribution in [0.1, 0.15) is 39.0 Å². The van der Waals surface area contributed by atoms with Crippen LogP contribution in [0.5, 0.6) is 0 Å². The van der Waals surface area contributed by atoms with Gasteiger partial charge in [-0.3, -0.25) is 9.59 Å². The van der Waals surface area contributed by atoms with Gasteiger partial charge >= 0.3 is 5.97 Å². The summed E-state index contributed by atoms with van der Waals surface area (Å²) in [5.74, 6) is -1.46. The fraction of sp³-hybridized carbons (Fsp3) is 0.316. The summed E-state index contributed by atoms with van der Waals surface area (Å²) < 4.78 is 6.94. The van der Waals surface area contributed by atoms with E-state index < -0.39 is 17.9 Å². The number of aromatic nitrogens is 1. The second-order valence-electron chi connectivity index (χ2n) is 6.05. The van der Waals surface area contributed by atoms with E-state index in [4.69, 9.17) is 16.3 Å². The zero-order chi connectivity index (χ0) is 19.4. The van der Waals surface area contributed by atoms with Crippen molar-refractivity contribution in [3.05, 3.63) is 57.9 Å². The lowest BCUT2D eigenvalue weighted by atomic mass is 10.1. The summed E-state index contributed by atoms with van der Waals surface area (Å²) in [5, 5.41) is 2.80. The number of ketones is 1. The minimum Gasteiger partial charge on any atom is -0.456 e. The number of carbonyl (C=O) groups excluding carboxylic acids is 3. The lowest BCUT2D eigenvalue weighted by Gasteiger charge is -2.13. The third-order valence-corrected chi connectivity index (χ3v) is 4.57. The SMILES string of the molecule is Cc1cc(C(=O)COC(=O)[C@@H](C)NC(=O)c2ccccc2Cl)c(C)n1C. The molecule has 1 aromatic carbocycles. The number of nitrogens with zero attached hydrogens (tertiary/aromatic N) is 1. The highest BCUT2D eigenvalue weighted by atomic mass is 35.5. The molecule has 2 aromatic rings. The number of benzene rings is 1. The number of aryl methyl sites for hydroxylation is 1. The fourth-order valence-electron chi connectivity index (χ4n) is 2.46. The summed E-state index contributed by atoms with van der Waals surface area (Å²) in [4.78, 5) is 36.5. The van der Waals surface area contributed by atoms with Gasteiger partial charge in [0.2, 0.25) is 5.78 Å². The molecule has 7 heteroatoms. The van der Waals surface area contributed by atoms with Gasteiger partial charge in [0.25, 0.3) is 5.91 Å². The maximum Gasteiger partial charge on any atom is 0.328 e. The lowest BCUT2D eigenvalue weighted by molar-refractivity contribution is -0.144. The van der Waals surface area contributed by atoms with Crippen molar-refractivity contribution in [2.24, 2.45) is 7.05 Å². The van der Waals surface area contributed by atoms with Crippen LogP contribution < -0.4 is 5.32 Å². The predicted octanol–water partition coefficient (Wildman–Crippen LogP) is 2.84. The Morgan fingerprint density at radius 2 is 1.85 bits per heavy atom. The van der Waals surface area contributed by atoms with Crippen LogP contribution in [0.3, 0.4) is 0 Å². The molecule has 1 heterocycles. The molecule has 0 aliphatic rings. The number of hydrogen-bond donors (Lipinski definition) is 1. The number of amides is 1. The number of hydrogen-bond acceptors (Lipinski definition) is 4. The van der Waals surface area contributed by atoms with Gasteiger partial charge in [0.05, 0.1) is 10.6 Å². The molecule has 0 spiro atoms. The van der Waals surface area contributed by atoms with Crippen molar-refractivity contribution in [1.82, 2.24) is 9.88 Å². The van der Waals surface area contributed by atoms with E-state index in [-0.39, 0.29) is 23.0 Å². The summed E-state index contributed by atoms with van der Waals surface area (Å²) in [6, 6.07) is 7.36. The van der Waals surface area contributed by atoms with E-state index in [1.165, 1.54) is 6.92 Å². The molecule has 1 aromatic heterocycles. The summed E-state index contributed by atoms with van der Waals surface area (Å²) in [6.07, 6.45) is 0. The van der Waals surface area contributed by atoms with E-state index in [9.17, 15) is 14.4 Å². The molecule has 6 nitrogen and oxygen atoms in total. The van der Waals surface area contributed by atoms with Crippen LogP contribution in [0.25, 0.3) is 0 Å². The molecule has 0 unspecified atom stereocenters. The molecular formula is C19H21ClN2O4. The molecule has 138 valence electrons. The molecule has 0 radical (unpaired) electrons. The summed E-state index contributed by atoms with van der Waals surface area (Å²) in [6.45, 7) is 4.82. The van der Waals surface area contributed by atoms with Gasteiger partial charge in [0.15, 0.2) is 6.61 Å². The molecule has 26 heavy (non-hydrogen) atoms.